The smallest absolute Gasteiger partial charge is 0.258 e. The lowest BCUT2D eigenvalue weighted by atomic mass is 9.56. The molecule has 2 heterocycles. The van der Waals surface area contributed by atoms with Crippen LogP contribution in [-0.2, 0) is 19.2 Å². The standard InChI is InChI=1S/C43H31Cl2F5N2O8/c1-58-23-11-15-28(59-2)20(16-23)7-4-19-5-9-22(10-6-19)51-38(54)25-13-12-24-26(30(25)39(51)55)18-42(44)40(56)52(37-35(49)33(47)32(46)34(48)36(37)50)41(57)43(42,45)31(24)21-8-14-27(53)29(17-21)60-3/h4-12,14-17,25-26,30-31,53H,13,18H2,1-3H3/t25-,26+,30-,31-,42+,43-/m0/s1. The van der Waals surface area contributed by atoms with E-state index in [2.05, 4.69) is 0 Å². The van der Waals surface area contributed by atoms with Gasteiger partial charge in [0.2, 0.25) is 17.6 Å². The minimum Gasteiger partial charge on any atom is -0.504 e. The van der Waals surface area contributed by atoms with Crippen LogP contribution in [0.2, 0.25) is 0 Å². The maximum Gasteiger partial charge on any atom is 0.258 e. The number of rotatable bonds is 8. The van der Waals surface area contributed by atoms with Crippen LogP contribution in [0.25, 0.3) is 12.2 Å². The summed E-state index contributed by atoms with van der Waals surface area (Å²) >= 11 is 14.4. The van der Waals surface area contributed by atoms with Gasteiger partial charge in [-0.3, -0.25) is 24.1 Å². The second kappa shape index (κ2) is 14.7. The first-order valence-corrected chi connectivity index (χ1v) is 19.0. The molecule has 0 radical (unpaired) electrons. The molecule has 310 valence electrons. The van der Waals surface area contributed by atoms with Crippen LogP contribution in [0.5, 0.6) is 23.0 Å². The zero-order valence-corrected chi connectivity index (χ0v) is 33.1. The number of phenolic OH excluding ortho intramolecular Hbond substituents is 1. The Morgan fingerprint density at radius 3 is 2.00 bits per heavy atom. The Balaban J connectivity index is 1.20. The lowest BCUT2D eigenvalue weighted by molar-refractivity contribution is -0.125. The van der Waals surface area contributed by atoms with Crippen molar-refractivity contribution >= 4 is 70.4 Å². The summed E-state index contributed by atoms with van der Waals surface area (Å²) in [5.41, 5.74) is 0.0893. The Bertz CT molecular complexity index is 2580. The Kier molecular flexibility index (Phi) is 9.98. The van der Waals surface area contributed by atoms with Crippen LogP contribution in [0.3, 0.4) is 0 Å². The first-order chi connectivity index (χ1) is 28.5. The third-order valence-electron chi connectivity index (χ3n) is 11.8. The molecule has 0 bridgehead atoms. The van der Waals surface area contributed by atoms with Crippen molar-refractivity contribution in [1.29, 1.82) is 0 Å². The average Bonchev–Trinajstić information content (AvgIpc) is 3.59. The molecule has 1 N–H and O–H groups in total. The second-order valence-corrected chi connectivity index (χ2v) is 15.9. The molecule has 2 saturated heterocycles. The van der Waals surface area contributed by atoms with Crippen molar-refractivity contribution in [1.82, 2.24) is 0 Å². The van der Waals surface area contributed by atoms with Gasteiger partial charge in [0.05, 0.1) is 38.9 Å². The van der Waals surface area contributed by atoms with Crippen molar-refractivity contribution < 1.29 is 60.4 Å². The summed E-state index contributed by atoms with van der Waals surface area (Å²) in [6, 6.07) is 15.6. The fraction of sp³-hybridized carbons (Fsp3) is 0.256. The zero-order valence-electron chi connectivity index (χ0n) is 31.6. The van der Waals surface area contributed by atoms with Crippen molar-refractivity contribution in [2.75, 3.05) is 31.1 Å². The number of alkyl halides is 2. The molecule has 0 spiro atoms. The predicted molar refractivity (Wildman–Crippen MR) is 208 cm³/mol. The first-order valence-electron chi connectivity index (χ1n) is 18.3. The summed E-state index contributed by atoms with van der Waals surface area (Å²) in [4.78, 5) is 53.0. The number of benzene rings is 4. The van der Waals surface area contributed by atoms with Gasteiger partial charge in [-0.05, 0) is 72.4 Å². The minimum absolute atomic E-state index is 0.0573. The molecule has 60 heavy (non-hydrogen) atoms. The summed E-state index contributed by atoms with van der Waals surface area (Å²) < 4.78 is 90.0. The Morgan fingerprint density at radius 1 is 0.717 bits per heavy atom. The van der Waals surface area contributed by atoms with E-state index in [1.165, 1.54) is 39.5 Å². The van der Waals surface area contributed by atoms with E-state index in [1.54, 1.807) is 60.7 Å². The lowest BCUT2D eigenvalue weighted by Crippen LogP contribution is -2.60. The van der Waals surface area contributed by atoms with Crippen LogP contribution in [0.1, 0.15) is 35.4 Å². The fourth-order valence-corrected chi connectivity index (χ4v) is 9.89. The van der Waals surface area contributed by atoms with Gasteiger partial charge in [0.15, 0.2) is 44.5 Å². The molecule has 0 aromatic heterocycles. The number of carbonyl (C=O) groups excluding carboxylic acids is 4. The highest BCUT2D eigenvalue weighted by atomic mass is 35.5. The Labute approximate surface area is 348 Å². The largest absolute Gasteiger partial charge is 0.504 e. The number of hydrogen-bond acceptors (Lipinski definition) is 8. The fourth-order valence-electron chi connectivity index (χ4n) is 8.96. The first kappa shape index (κ1) is 40.8. The Hall–Kier alpha value is -5.93. The molecule has 0 unspecified atom stereocenters. The highest BCUT2D eigenvalue weighted by Crippen LogP contribution is 2.66. The van der Waals surface area contributed by atoms with Gasteiger partial charge in [-0.1, -0.05) is 42.0 Å². The number of allylic oxidation sites excluding steroid dienone is 2. The van der Waals surface area contributed by atoms with Crippen molar-refractivity contribution in [3.05, 3.63) is 118 Å². The van der Waals surface area contributed by atoms with Crippen LogP contribution in [0, 0.1) is 46.8 Å². The van der Waals surface area contributed by atoms with Crippen LogP contribution in [0.4, 0.5) is 33.3 Å². The molecule has 4 amide bonds. The summed E-state index contributed by atoms with van der Waals surface area (Å²) in [7, 11) is 4.30. The molecule has 8 rings (SSSR count). The molecule has 2 aliphatic heterocycles. The number of amides is 4. The van der Waals surface area contributed by atoms with E-state index in [0.717, 1.165) is 10.5 Å². The molecule has 6 atom stereocenters. The van der Waals surface area contributed by atoms with Gasteiger partial charge in [-0.25, -0.2) is 26.9 Å². The zero-order chi connectivity index (χ0) is 43.2. The molecule has 2 aliphatic carbocycles. The lowest BCUT2D eigenvalue weighted by Gasteiger charge is -2.50. The monoisotopic (exact) mass is 868 g/mol. The summed E-state index contributed by atoms with van der Waals surface area (Å²) in [5.74, 6) is -21.0. The molecule has 17 heteroatoms. The van der Waals surface area contributed by atoms with Crippen LogP contribution >= 0.6 is 23.2 Å². The number of anilines is 2. The molecule has 10 nitrogen and oxygen atoms in total. The maximum atomic E-state index is 15.4. The predicted octanol–water partition coefficient (Wildman–Crippen LogP) is 8.05. The van der Waals surface area contributed by atoms with E-state index in [4.69, 9.17) is 37.4 Å². The number of methoxy groups -OCH3 is 3. The second-order valence-electron chi connectivity index (χ2n) is 14.7. The summed E-state index contributed by atoms with van der Waals surface area (Å²) in [6.45, 7) is 0. The number of hydrogen-bond donors (Lipinski definition) is 1. The van der Waals surface area contributed by atoms with Gasteiger partial charge in [-0.15, -0.1) is 23.2 Å². The molecule has 4 aliphatic rings. The third-order valence-corrected chi connectivity index (χ3v) is 13.2. The molecule has 4 aromatic carbocycles. The van der Waals surface area contributed by atoms with Gasteiger partial charge in [0.25, 0.3) is 11.8 Å². The van der Waals surface area contributed by atoms with Gasteiger partial charge < -0.3 is 19.3 Å². The van der Waals surface area contributed by atoms with Gasteiger partial charge >= 0.3 is 0 Å². The highest BCUT2D eigenvalue weighted by Gasteiger charge is 2.77. The topological polar surface area (TPSA) is 123 Å². The van der Waals surface area contributed by atoms with E-state index >= 15 is 8.78 Å². The van der Waals surface area contributed by atoms with E-state index in [1.807, 2.05) is 0 Å². The van der Waals surface area contributed by atoms with Gasteiger partial charge in [0, 0.05) is 11.5 Å². The number of ether oxygens (including phenoxy) is 3. The molecular weight excluding hydrogens is 838 g/mol. The van der Waals surface area contributed by atoms with E-state index in [-0.39, 0.29) is 39.6 Å². The maximum absolute atomic E-state index is 15.4. The van der Waals surface area contributed by atoms with Crippen LogP contribution < -0.4 is 24.0 Å². The van der Waals surface area contributed by atoms with E-state index in [9.17, 15) is 37.5 Å². The van der Waals surface area contributed by atoms with Crippen molar-refractivity contribution in [2.45, 2.75) is 28.5 Å². The summed E-state index contributed by atoms with van der Waals surface area (Å²) in [5, 5.41) is 10.4. The number of aromatic hydroxyl groups is 1. The SMILES string of the molecule is COc1ccc(OC)c(C=Cc2ccc(N3C(=O)[C@H]4[C@H](CC=C5[C@H]4C[C@@]4(Cl)C(=O)N(c6c(F)c(F)c(F)c(F)c6F)C(=O)[C@@]4(Cl)[C@H]5c4ccc(O)c(OC)c4)C3=O)cc2)c1. The van der Waals surface area contributed by atoms with Crippen LogP contribution in [0.15, 0.2) is 72.3 Å². The van der Waals surface area contributed by atoms with Crippen molar-refractivity contribution in [3.63, 3.8) is 0 Å². The van der Waals surface area contributed by atoms with E-state index < -0.39 is 98.2 Å². The average molecular weight is 870 g/mol. The molecule has 3 fully saturated rings. The van der Waals surface area contributed by atoms with Gasteiger partial charge in [-0.2, -0.15) is 0 Å². The minimum atomic E-state index is -2.73. The highest BCUT2D eigenvalue weighted by molar-refractivity contribution is 6.58. The molecule has 1 saturated carbocycles. The van der Waals surface area contributed by atoms with Crippen molar-refractivity contribution in [2.24, 2.45) is 17.8 Å². The summed E-state index contributed by atoms with van der Waals surface area (Å²) in [6.07, 6.45) is 4.44. The Morgan fingerprint density at radius 2 is 1.37 bits per heavy atom. The number of nitrogens with zero attached hydrogens (tertiary/aromatic N) is 2. The van der Waals surface area contributed by atoms with E-state index in [0.29, 0.717) is 17.1 Å². The number of halogens is 7. The number of imide groups is 2. The van der Waals surface area contributed by atoms with Crippen molar-refractivity contribution in [3.8, 4) is 23.0 Å². The number of fused-ring (bicyclic) bond motifs is 4. The van der Waals surface area contributed by atoms with Gasteiger partial charge in [0.1, 0.15) is 17.2 Å². The quantitative estimate of drug-likeness (QED) is 0.0359. The van der Waals surface area contributed by atoms with Crippen LogP contribution in [-0.4, -0.2) is 59.8 Å². The normalized spacial score (nSPS) is 26.0. The molecule has 4 aromatic rings. The molecular formula is C43H31Cl2F5N2O8. The number of carbonyl (C=O) groups is 4. The third kappa shape index (κ3) is 5.72. The number of phenols is 1.